The third kappa shape index (κ3) is 15.9. The van der Waals surface area contributed by atoms with E-state index in [2.05, 4.69) is 64.6 Å². The van der Waals surface area contributed by atoms with E-state index in [1.807, 2.05) is 58.1 Å². The lowest BCUT2D eigenvalue weighted by molar-refractivity contribution is -0.120. The molecule has 0 unspecified atom stereocenters. The number of cyclic esters (lactones) is 2. The molecular formula is C56H76F3N9O12SSi2. The number of carbonyl (C=O) groups excluding carboxylic acids is 5. The Balaban J connectivity index is 0.000000188. The van der Waals surface area contributed by atoms with Crippen molar-refractivity contribution in [2.24, 2.45) is 0 Å². The van der Waals surface area contributed by atoms with Gasteiger partial charge >= 0.3 is 27.8 Å². The van der Waals surface area contributed by atoms with E-state index in [1.54, 1.807) is 83.1 Å². The summed E-state index contributed by atoms with van der Waals surface area (Å²) in [6, 6.07) is 19.5. The van der Waals surface area contributed by atoms with Crippen LogP contribution in [0.3, 0.4) is 0 Å². The number of benzene rings is 3. The number of ether oxygens (including phenoxy) is 3. The van der Waals surface area contributed by atoms with Crippen LogP contribution in [0, 0.1) is 0 Å². The number of fused-ring (bicyclic) bond motifs is 7. The van der Waals surface area contributed by atoms with E-state index in [4.69, 9.17) is 22.5 Å². The van der Waals surface area contributed by atoms with Crippen molar-refractivity contribution in [3.63, 3.8) is 0 Å². The van der Waals surface area contributed by atoms with Crippen molar-refractivity contribution in [2.45, 2.75) is 147 Å². The normalized spacial score (nSPS) is 19.0. The maximum atomic E-state index is 12.5. The molecule has 3 N–H and O–H groups in total. The number of allylic oxidation sites excluding steroid dienone is 2. The second-order valence-corrected chi connectivity index (χ2v) is 34.0. The first-order valence-corrected chi connectivity index (χ1v) is 34.2. The predicted molar refractivity (Wildman–Crippen MR) is 315 cm³/mol. The fraction of sp³-hybridized carbons (Fsp3) is 0.482. The van der Waals surface area contributed by atoms with Crippen molar-refractivity contribution in [3.05, 3.63) is 109 Å². The number of methoxy groups -OCH3 is 1. The molecule has 0 spiro atoms. The highest BCUT2D eigenvalue weighted by Gasteiger charge is 2.56. The zero-order chi connectivity index (χ0) is 61.4. The molecule has 0 radical (unpaired) electrons. The number of halogens is 3. The number of amides is 4. The first-order chi connectivity index (χ1) is 38.9. The van der Waals surface area contributed by atoms with Crippen LogP contribution in [0.4, 0.5) is 45.5 Å². The highest BCUT2D eigenvalue weighted by molar-refractivity contribution is 7.88. The van der Waals surface area contributed by atoms with Crippen LogP contribution < -0.4 is 30.7 Å². The Morgan fingerprint density at radius 3 is 1.87 bits per heavy atom. The summed E-state index contributed by atoms with van der Waals surface area (Å²) >= 11 is 0. The van der Waals surface area contributed by atoms with Gasteiger partial charge in [-0.25, -0.2) is 14.3 Å². The molecule has 4 amide bonds. The van der Waals surface area contributed by atoms with Crippen LogP contribution >= 0.6 is 0 Å². The first kappa shape index (κ1) is 64.9. The number of hydrogen-bond acceptors (Lipinski definition) is 16. The van der Waals surface area contributed by atoms with E-state index < -0.39 is 32.3 Å². The summed E-state index contributed by atoms with van der Waals surface area (Å²) in [4.78, 5) is 63.6. The van der Waals surface area contributed by atoms with Gasteiger partial charge in [0, 0.05) is 50.5 Å². The Bertz CT molecular complexity index is 3180. The topological polar surface area (TPSA) is 242 Å². The van der Waals surface area contributed by atoms with Gasteiger partial charge in [0.05, 0.1) is 61.2 Å². The molecule has 9 rings (SSSR count). The molecule has 27 heteroatoms. The Morgan fingerprint density at radius 2 is 1.37 bits per heavy atom. The molecule has 2 fully saturated rings. The van der Waals surface area contributed by atoms with E-state index >= 15 is 0 Å². The highest BCUT2D eigenvalue weighted by atomic mass is 32.2. The van der Waals surface area contributed by atoms with Gasteiger partial charge in [0.25, 0.3) is 0 Å². The van der Waals surface area contributed by atoms with Crippen LogP contribution in [0.5, 0.6) is 0 Å². The molecule has 6 heterocycles. The van der Waals surface area contributed by atoms with E-state index in [0.717, 1.165) is 44.9 Å². The third-order valence-corrected chi connectivity index (χ3v) is 23.2. The smallest absolute Gasteiger partial charge is 0.522 e. The quantitative estimate of drug-likeness (QED) is 0.0385. The van der Waals surface area contributed by atoms with Gasteiger partial charge in [-0.15, -0.1) is 5.10 Å². The van der Waals surface area contributed by atoms with E-state index in [0.29, 0.717) is 51.3 Å². The number of aromatic nitrogens is 3. The zero-order valence-electron chi connectivity index (χ0n) is 48.9. The standard InChI is InChI=1S/C20H20N6O3.C18H19N3O4.C10H21F3O3SSi.C8H16O2Si/c1-12(27)21-10-19-18-9-13-8-14(6-7-16(13)26(18)20(28)29-19)22-11-25-17-5-3-2-4-15(17)23-24-25;1-11(22)19-10-17-16-9-12-8-13(20-6-4-14(23)5-7-20)2-3-15(12)21(16)18(24)25-17;1-7(2)18(8(3)4,9(5)6)16-17(14,15)10(11,12)13;1-8(6-7-9-2)10-11(3,4)5/h2-8,18-19,22H,9-11H2,1H3,(H,21,27);2-4,6,8,16-17H,5,7,9-10H2,1H3,(H,19,22);7-9H,1-6H3;6-7H,1H2,2-5H3/b;;;7-6+/t18-,19-;16-,17-;;/m00../s1. The lowest BCUT2D eigenvalue weighted by Crippen LogP contribution is -2.51. The maximum absolute atomic E-state index is 12.5. The molecule has 4 atom stereocenters. The number of hydrogen-bond donors (Lipinski definition) is 3. The van der Waals surface area contributed by atoms with Crippen LogP contribution in [-0.2, 0) is 66.5 Å². The molecule has 21 nitrogen and oxygen atoms in total. The summed E-state index contributed by atoms with van der Waals surface area (Å²) in [7, 11) is -8.49. The Morgan fingerprint density at radius 1 is 0.831 bits per heavy atom. The van der Waals surface area contributed by atoms with Gasteiger partial charge in [-0.2, -0.15) is 21.6 Å². The van der Waals surface area contributed by atoms with E-state index in [9.17, 15) is 45.6 Å². The Labute approximate surface area is 484 Å². The van der Waals surface area contributed by atoms with E-state index in [1.165, 1.54) is 13.8 Å². The SMILES string of the molecule is C=C(/C=C/OC)O[Si](C)(C)C.CC(=O)NC[C@@H]1OC(=O)N2c3ccc(N4C=CC(=O)CC4)cc3C[C@@H]12.CC(=O)NC[C@@H]1OC(=O)N2c3ccc(NCn4nnc5ccccc54)cc3C[C@@H]12.CC(C)[Si](OS(=O)(=O)C(F)(F)F)(C(C)C)C(C)C. The number of carbonyl (C=O) groups is 5. The van der Waals surface area contributed by atoms with Crippen molar-refractivity contribution < 1.29 is 68.1 Å². The summed E-state index contributed by atoms with van der Waals surface area (Å²) < 4.78 is 87.6. The second-order valence-electron chi connectivity index (χ2n) is 22.3. The maximum Gasteiger partial charge on any atom is 0.522 e. The average Bonchev–Trinajstić information content (AvgIpc) is 4.38. The van der Waals surface area contributed by atoms with Crippen LogP contribution in [0.2, 0.25) is 36.3 Å². The van der Waals surface area contributed by atoms with Crippen LogP contribution in [0.25, 0.3) is 11.0 Å². The molecule has 4 aromatic rings. The molecule has 0 saturated carbocycles. The minimum absolute atomic E-state index is 0.0944. The summed E-state index contributed by atoms with van der Waals surface area (Å²) in [5, 5.41) is 17.2. The summed E-state index contributed by atoms with van der Waals surface area (Å²) in [5.74, 6) is 0.536. The van der Waals surface area contributed by atoms with Gasteiger partial charge in [-0.1, -0.05) is 65.5 Å². The lowest BCUT2D eigenvalue weighted by Gasteiger charge is -2.40. The number of anilines is 4. The highest BCUT2D eigenvalue weighted by Crippen LogP contribution is 2.46. The average molecular weight is 1210 g/mol. The molecule has 5 aliphatic rings. The molecule has 452 valence electrons. The summed E-state index contributed by atoms with van der Waals surface area (Å²) in [5.41, 5.74) is 1.61. The molecular weight excluding hydrogens is 1140 g/mol. The molecule has 2 saturated heterocycles. The molecule has 83 heavy (non-hydrogen) atoms. The largest absolute Gasteiger partial charge is 0.545 e. The number of para-hydroxylation sites is 1. The zero-order valence-corrected chi connectivity index (χ0v) is 51.7. The van der Waals surface area contributed by atoms with Crippen molar-refractivity contribution in [2.75, 3.05) is 46.8 Å². The lowest BCUT2D eigenvalue weighted by atomic mass is 10.0. The van der Waals surface area contributed by atoms with Crippen LogP contribution in [-0.4, -0.2) is 126 Å². The minimum atomic E-state index is -5.53. The molecule has 5 aliphatic heterocycles. The monoisotopic (exact) mass is 1210 g/mol. The molecule has 0 bridgehead atoms. The predicted octanol–water partition coefficient (Wildman–Crippen LogP) is 9.79. The van der Waals surface area contributed by atoms with Crippen molar-refractivity contribution in [1.82, 2.24) is 25.6 Å². The van der Waals surface area contributed by atoms with Gasteiger partial charge in [0.2, 0.25) is 28.4 Å². The van der Waals surface area contributed by atoms with Gasteiger partial charge in [-0.05, 0) is 115 Å². The summed E-state index contributed by atoms with van der Waals surface area (Å²) in [6.45, 7) is 25.1. The molecule has 3 aromatic carbocycles. The number of nitrogens with zero attached hydrogens (tertiary/aromatic N) is 6. The molecule has 1 aromatic heterocycles. The summed E-state index contributed by atoms with van der Waals surface area (Å²) in [6.07, 6.45) is 7.13. The first-order valence-electron chi connectivity index (χ1n) is 27.2. The fourth-order valence-corrected chi connectivity index (χ4v) is 19.8. The van der Waals surface area contributed by atoms with Gasteiger partial charge in [0.15, 0.2) is 5.78 Å². The number of ketones is 1. The Kier molecular flexibility index (Phi) is 21.1. The van der Waals surface area contributed by atoms with Gasteiger partial charge in [-0.3, -0.25) is 24.2 Å². The van der Waals surface area contributed by atoms with Gasteiger partial charge in [0.1, 0.15) is 24.4 Å². The van der Waals surface area contributed by atoms with Crippen molar-refractivity contribution >= 4 is 90.3 Å². The van der Waals surface area contributed by atoms with Crippen LogP contribution in [0.15, 0.2) is 97.6 Å². The van der Waals surface area contributed by atoms with Crippen molar-refractivity contribution in [1.29, 1.82) is 0 Å². The van der Waals surface area contributed by atoms with E-state index in [-0.39, 0.29) is 70.7 Å². The van der Waals surface area contributed by atoms with Crippen molar-refractivity contribution in [3.8, 4) is 0 Å². The number of rotatable bonds is 17. The number of nitrogens with one attached hydrogen (secondary N) is 3. The third-order valence-electron chi connectivity index (χ3n) is 14.3. The molecule has 0 aliphatic carbocycles. The van der Waals surface area contributed by atoms with Crippen LogP contribution in [0.1, 0.15) is 72.9 Å². The van der Waals surface area contributed by atoms with Gasteiger partial charge < -0.3 is 43.4 Å². The second kappa shape index (κ2) is 27.0. The Hall–Kier alpha value is -7.24. The number of alkyl halides is 3. The minimum Gasteiger partial charge on any atom is -0.545 e. The fourth-order valence-electron chi connectivity index (χ4n) is 10.7.